The number of nitrogens with zero attached hydrogens (tertiary/aromatic N) is 2. The largest absolute Gasteiger partial charge is 0.465 e. The molecule has 3 heteroatoms. The molecule has 2 heterocycles. The fourth-order valence-corrected chi connectivity index (χ4v) is 1.40. The van der Waals surface area contributed by atoms with Crippen molar-refractivity contribution >= 4 is 11.6 Å². The van der Waals surface area contributed by atoms with E-state index in [9.17, 15) is 0 Å². The summed E-state index contributed by atoms with van der Waals surface area (Å²) in [4.78, 5) is 8.31. The summed E-state index contributed by atoms with van der Waals surface area (Å²) in [6.07, 6.45) is 11.2. The van der Waals surface area contributed by atoms with E-state index >= 15 is 0 Å². The molecule has 0 spiro atoms. The highest BCUT2D eigenvalue weighted by Crippen LogP contribution is 2.19. The van der Waals surface area contributed by atoms with Gasteiger partial charge in [-0.3, -0.25) is 9.97 Å². The standard InChI is InChI=1S/C13H12N2O/c1-2-4-11(9-12-5-3-8-16-12)13-10-14-6-7-15-13/h2-3,5-10H,1,4H2. The third-order valence-corrected chi connectivity index (χ3v) is 2.12. The van der Waals surface area contributed by atoms with Gasteiger partial charge in [-0.15, -0.1) is 6.58 Å². The van der Waals surface area contributed by atoms with E-state index in [1.165, 1.54) is 0 Å². The summed E-state index contributed by atoms with van der Waals surface area (Å²) in [5.41, 5.74) is 1.89. The summed E-state index contributed by atoms with van der Waals surface area (Å²) in [6, 6.07) is 3.76. The fraction of sp³-hybridized carbons (Fsp3) is 0.0769. The molecule has 0 bridgehead atoms. The second-order valence-corrected chi connectivity index (χ2v) is 3.27. The van der Waals surface area contributed by atoms with Crippen LogP contribution in [0.15, 0.2) is 54.1 Å². The lowest BCUT2D eigenvalue weighted by molar-refractivity contribution is 0.557. The highest BCUT2D eigenvalue weighted by atomic mass is 16.3. The molecule has 0 aliphatic rings. The molecular formula is C13H12N2O. The van der Waals surface area contributed by atoms with Gasteiger partial charge in [-0.2, -0.15) is 0 Å². The summed E-state index contributed by atoms with van der Waals surface area (Å²) in [5.74, 6) is 0.808. The minimum absolute atomic E-state index is 0.736. The third-order valence-electron chi connectivity index (χ3n) is 2.12. The molecule has 0 saturated carbocycles. The molecule has 0 radical (unpaired) electrons. The zero-order valence-electron chi connectivity index (χ0n) is 8.84. The molecule has 2 rings (SSSR count). The Morgan fingerprint density at radius 1 is 1.44 bits per heavy atom. The van der Waals surface area contributed by atoms with E-state index in [2.05, 4.69) is 16.5 Å². The van der Waals surface area contributed by atoms with E-state index in [0.29, 0.717) is 0 Å². The van der Waals surface area contributed by atoms with Crippen molar-refractivity contribution in [1.82, 2.24) is 9.97 Å². The molecule has 0 saturated heterocycles. The lowest BCUT2D eigenvalue weighted by Crippen LogP contribution is -1.89. The van der Waals surface area contributed by atoms with Crippen LogP contribution in [0.5, 0.6) is 0 Å². The molecule has 2 aromatic rings. The second kappa shape index (κ2) is 5.07. The average Bonchev–Trinajstić information content (AvgIpc) is 2.83. The third kappa shape index (κ3) is 2.45. The molecule has 0 aliphatic carbocycles. The summed E-state index contributed by atoms with van der Waals surface area (Å²) in [5, 5.41) is 0. The van der Waals surface area contributed by atoms with Crippen molar-refractivity contribution in [3.05, 3.63) is 61.1 Å². The van der Waals surface area contributed by atoms with Gasteiger partial charge in [0.15, 0.2) is 0 Å². The maximum atomic E-state index is 5.27. The minimum atomic E-state index is 0.736. The molecule has 16 heavy (non-hydrogen) atoms. The fourth-order valence-electron chi connectivity index (χ4n) is 1.40. The van der Waals surface area contributed by atoms with Gasteiger partial charge >= 0.3 is 0 Å². The van der Waals surface area contributed by atoms with Crippen molar-refractivity contribution in [3.63, 3.8) is 0 Å². The smallest absolute Gasteiger partial charge is 0.126 e. The van der Waals surface area contributed by atoms with E-state index in [-0.39, 0.29) is 0 Å². The van der Waals surface area contributed by atoms with Crippen molar-refractivity contribution in [2.24, 2.45) is 0 Å². The van der Waals surface area contributed by atoms with Gasteiger partial charge in [-0.25, -0.2) is 0 Å². The lowest BCUT2D eigenvalue weighted by Gasteiger charge is -2.02. The highest BCUT2D eigenvalue weighted by molar-refractivity contribution is 5.78. The number of furan rings is 1. The average molecular weight is 212 g/mol. The molecule has 2 aromatic heterocycles. The van der Waals surface area contributed by atoms with Crippen LogP contribution < -0.4 is 0 Å². The Balaban J connectivity index is 2.34. The first kappa shape index (κ1) is 10.4. The molecule has 80 valence electrons. The van der Waals surface area contributed by atoms with Gasteiger partial charge < -0.3 is 4.42 Å². The molecule has 0 aliphatic heterocycles. The van der Waals surface area contributed by atoms with E-state index in [4.69, 9.17) is 4.42 Å². The summed E-state index contributed by atoms with van der Waals surface area (Å²) < 4.78 is 5.27. The van der Waals surface area contributed by atoms with Gasteiger partial charge in [0.25, 0.3) is 0 Å². The Hall–Kier alpha value is -2.16. The van der Waals surface area contributed by atoms with Crippen LogP contribution in [-0.2, 0) is 0 Å². The zero-order chi connectivity index (χ0) is 11.2. The van der Waals surface area contributed by atoms with Crippen LogP contribution in [0.3, 0.4) is 0 Å². The SMILES string of the molecule is C=CCC(=Cc1ccco1)c1cnccn1. The summed E-state index contributed by atoms with van der Waals surface area (Å²) >= 11 is 0. The number of allylic oxidation sites excluding steroid dienone is 2. The van der Waals surface area contributed by atoms with Gasteiger partial charge in [0, 0.05) is 12.4 Å². The van der Waals surface area contributed by atoms with Crippen molar-refractivity contribution in [2.45, 2.75) is 6.42 Å². The Morgan fingerprint density at radius 2 is 2.38 bits per heavy atom. The van der Waals surface area contributed by atoms with Crippen molar-refractivity contribution in [3.8, 4) is 0 Å². The van der Waals surface area contributed by atoms with Gasteiger partial charge in [0.05, 0.1) is 18.2 Å². The number of aromatic nitrogens is 2. The first-order valence-corrected chi connectivity index (χ1v) is 5.01. The van der Waals surface area contributed by atoms with Crippen LogP contribution in [0.2, 0.25) is 0 Å². The molecule has 0 fully saturated rings. The Labute approximate surface area is 94.2 Å². The number of hydrogen-bond donors (Lipinski definition) is 0. The second-order valence-electron chi connectivity index (χ2n) is 3.27. The van der Waals surface area contributed by atoms with E-state index in [1.54, 1.807) is 24.9 Å². The van der Waals surface area contributed by atoms with Gasteiger partial charge in [0.2, 0.25) is 0 Å². The topological polar surface area (TPSA) is 38.9 Å². The van der Waals surface area contributed by atoms with Crippen LogP contribution in [-0.4, -0.2) is 9.97 Å². The first-order chi connectivity index (χ1) is 7.90. The Morgan fingerprint density at radius 3 is 3.00 bits per heavy atom. The predicted octanol–water partition coefficient (Wildman–Crippen LogP) is 3.19. The lowest BCUT2D eigenvalue weighted by atomic mass is 10.1. The zero-order valence-corrected chi connectivity index (χ0v) is 8.84. The van der Waals surface area contributed by atoms with Crippen LogP contribution in [0.25, 0.3) is 11.6 Å². The minimum Gasteiger partial charge on any atom is -0.465 e. The number of hydrogen-bond acceptors (Lipinski definition) is 3. The molecule has 3 nitrogen and oxygen atoms in total. The van der Waals surface area contributed by atoms with Crippen molar-refractivity contribution in [2.75, 3.05) is 0 Å². The molecule has 0 amide bonds. The van der Waals surface area contributed by atoms with Crippen molar-refractivity contribution in [1.29, 1.82) is 0 Å². The first-order valence-electron chi connectivity index (χ1n) is 5.01. The predicted molar refractivity (Wildman–Crippen MR) is 63.4 cm³/mol. The van der Waals surface area contributed by atoms with E-state index < -0.39 is 0 Å². The van der Waals surface area contributed by atoms with Crippen molar-refractivity contribution < 1.29 is 4.42 Å². The maximum absolute atomic E-state index is 5.27. The maximum Gasteiger partial charge on any atom is 0.126 e. The van der Waals surface area contributed by atoms with Gasteiger partial charge in [0.1, 0.15) is 5.76 Å². The highest BCUT2D eigenvalue weighted by Gasteiger charge is 2.02. The van der Waals surface area contributed by atoms with Crippen LogP contribution in [0, 0.1) is 0 Å². The monoisotopic (exact) mass is 212 g/mol. The molecule has 0 atom stereocenters. The molecular weight excluding hydrogens is 200 g/mol. The van der Waals surface area contributed by atoms with Gasteiger partial charge in [-0.05, 0) is 30.2 Å². The van der Waals surface area contributed by atoms with Crippen LogP contribution in [0.1, 0.15) is 17.9 Å². The normalized spacial score (nSPS) is 11.4. The summed E-state index contributed by atoms with van der Waals surface area (Å²) in [6.45, 7) is 3.74. The quantitative estimate of drug-likeness (QED) is 0.730. The Bertz CT molecular complexity index is 472. The Kier molecular flexibility index (Phi) is 3.28. The van der Waals surface area contributed by atoms with Crippen LogP contribution in [0.4, 0.5) is 0 Å². The molecule has 0 aromatic carbocycles. The molecule has 0 N–H and O–H groups in total. The molecule has 0 unspecified atom stereocenters. The van der Waals surface area contributed by atoms with E-state index in [1.807, 2.05) is 24.3 Å². The summed E-state index contributed by atoms with van der Waals surface area (Å²) in [7, 11) is 0. The van der Waals surface area contributed by atoms with Crippen LogP contribution >= 0.6 is 0 Å². The number of rotatable bonds is 4. The van der Waals surface area contributed by atoms with E-state index in [0.717, 1.165) is 23.4 Å². The van der Waals surface area contributed by atoms with Gasteiger partial charge in [-0.1, -0.05) is 6.08 Å².